The zero-order valence-corrected chi connectivity index (χ0v) is 38.8. The number of phenolic OH excluding ortho intramolecular Hbond substituents is 2. The van der Waals surface area contributed by atoms with E-state index in [4.69, 9.17) is 23.7 Å². The van der Waals surface area contributed by atoms with E-state index in [1.165, 1.54) is 52.4 Å². The first-order valence-electron chi connectivity index (χ1n) is 22.3. The molecule has 16 nitrogen and oxygen atoms in total. The van der Waals surface area contributed by atoms with E-state index in [0.717, 1.165) is 32.1 Å². The van der Waals surface area contributed by atoms with Crippen molar-refractivity contribution < 1.29 is 63.3 Å². The van der Waals surface area contributed by atoms with Crippen LogP contribution < -0.4 is 14.8 Å². The Bertz CT molecular complexity index is 2150. The van der Waals surface area contributed by atoms with Crippen LogP contribution in [0.1, 0.15) is 103 Å². The highest BCUT2D eigenvalue weighted by molar-refractivity contribution is 6.21. The van der Waals surface area contributed by atoms with E-state index in [0.29, 0.717) is 19.6 Å². The predicted molar refractivity (Wildman–Crippen MR) is 240 cm³/mol. The van der Waals surface area contributed by atoms with Crippen LogP contribution in [0.4, 0.5) is 5.69 Å². The number of carbonyl (C=O) groups is 4. The molecule has 4 aliphatic rings. The molecule has 1 fully saturated rings. The highest BCUT2D eigenvalue weighted by Gasteiger charge is 2.50. The number of piperidine rings is 1. The first kappa shape index (κ1) is 49.8. The number of fused-ring (bicyclic) bond motifs is 14. The Morgan fingerprint density at radius 1 is 0.969 bits per heavy atom. The van der Waals surface area contributed by atoms with Crippen molar-refractivity contribution in [2.75, 3.05) is 38.7 Å². The van der Waals surface area contributed by atoms with Crippen molar-refractivity contribution >= 4 is 40.0 Å². The molecule has 4 aliphatic heterocycles. The number of anilines is 1. The van der Waals surface area contributed by atoms with E-state index in [9.17, 15) is 39.6 Å². The summed E-state index contributed by atoms with van der Waals surface area (Å²) in [7, 11) is 1.45. The number of unbranched alkanes of at least 4 members (excludes halogenated alkanes) is 1. The van der Waals surface area contributed by atoms with Crippen molar-refractivity contribution in [3.63, 3.8) is 0 Å². The zero-order valence-electron chi connectivity index (χ0n) is 38.8. The van der Waals surface area contributed by atoms with Gasteiger partial charge in [0.15, 0.2) is 12.4 Å². The number of ether oxygens (including phenoxy) is 5. The van der Waals surface area contributed by atoms with Crippen LogP contribution >= 0.6 is 0 Å². The lowest BCUT2D eigenvalue weighted by Gasteiger charge is -2.38. The summed E-state index contributed by atoms with van der Waals surface area (Å²) >= 11 is 0. The molecule has 0 aliphatic carbocycles. The Morgan fingerprint density at radius 2 is 1.66 bits per heavy atom. The smallest absolute Gasteiger partial charge is 0.312 e. The van der Waals surface area contributed by atoms with Crippen LogP contribution in [-0.4, -0.2) is 118 Å². The van der Waals surface area contributed by atoms with E-state index >= 15 is 0 Å². The van der Waals surface area contributed by atoms with Crippen LogP contribution in [0, 0.1) is 30.6 Å². The fourth-order valence-electron chi connectivity index (χ4n) is 8.81. The number of nitrogens with one attached hydrogen (secondary N) is 1. The monoisotopic (exact) mass is 893 g/mol. The number of aliphatic hydroxyl groups is 2. The third-order valence-corrected chi connectivity index (χ3v) is 12.9. The Hall–Kier alpha value is -5.16. The molecule has 9 atom stereocenters. The van der Waals surface area contributed by atoms with Crippen molar-refractivity contribution in [3.8, 4) is 23.0 Å². The van der Waals surface area contributed by atoms with Gasteiger partial charge in [-0.1, -0.05) is 65.7 Å². The molecule has 0 spiro atoms. The van der Waals surface area contributed by atoms with Crippen LogP contribution in [0.5, 0.6) is 23.0 Å². The van der Waals surface area contributed by atoms with E-state index in [1.807, 2.05) is 11.9 Å². The van der Waals surface area contributed by atoms with Crippen molar-refractivity contribution in [3.05, 3.63) is 53.3 Å². The van der Waals surface area contributed by atoms with Crippen LogP contribution in [0.2, 0.25) is 0 Å². The first-order valence-corrected chi connectivity index (χ1v) is 22.3. The fourth-order valence-corrected chi connectivity index (χ4v) is 8.81. The van der Waals surface area contributed by atoms with E-state index in [1.54, 1.807) is 51.8 Å². The number of nitrogens with zero attached hydrogens (tertiary/aromatic N) is 2. The molecule has 2 aromatic carbocycles. The molecule has 16 heteroatoms. The Kier molecular flexibility index (Phi) is 16.5. The number of phenols is 2. The topological polar surface area (TPSA) is 214 Å². The van der Waals surface area contributed by atoms with Gasteiger partial charge in [-0.3, -0.25) is 24.2 Å². The number of aliphatic hydroxyl groups excluding tert-OH is 2. The molecule has 0 unspecified atom stereocenters. The molecule has 6 rings (SSSR count). The minimum absolute atomic E-state index is 0.0489. The highest BCUT2D eigenvalue weighted by Crippen LogP contribution is 2.54. The van der Waals surface area contributed by atoms with Gasteiger partial charge in [0.25, 0.3) is 17.6 Å². The van der Waals surface area contributed by atoms with Gasteiger partial charge in [-0.15, -0.1) is 0 Å². The highest BCUT2D eigenvalue weighted by atomic mass is 16.7. The second kappa shape index (κ2) is 21.2. The lowest BCUT2D eigenvalue weighted by atomic mass is 9.78. The van der Waals surface area contributed by atoms with Crippen LogP contribution in [0.3, 0.4) is 0 Å². The molecule has 352 valence electrons. The summed E-state index contributed by atoms with van der Waals surface area (Å²) in [5, 5.41) is 52.7. The van der Waals surface area contributed by atoms with Crippen molar-refractivity contribution in [2.24, 2.45) is 23.7 Å². The average Bonchev–Trinajstić information content (AvgIpc) is 3.54. The first-order chi connectivity index (χ1) is 30.3. The summed E-state index contributed by atoms with van der Waals surface area (Å²) in [6.45, 7) is 16.1. The summed E-state index contributed by atoms with van der Waals surface area (Å²) in [6, 6.07) is 1.30. The molecule has 64 heavy (non-hydrogen) atoms. The number of hydrogen-bond acceptors (Lipinski definition) is 14. The third-order valence-electron chi connectivity index (χ3n) is 12.9. The van der Waals surface area contributed by atoms with Gasteiger partial charge in [0.2, 0.25) is 0 Å². The average molecular weight is 894 g/mol. The van der Waals surface area contributed by atoms with E-state index in [-0.39, 0.29) is 50.6 Å². The molecule has 5 N–H and O–H groups in total. The maximum Gasteiger partial charge on any atom is 0.312 e. The number of amides is 2. The number of benzene rings is 2. The molecular weight excluding hydrogens is 827 g/mol. The number of carbonyl (C=O) groups excluding carboxylic acids is 4. The largest absolute Gasteiger partial charge is 0.507 e. The minimum atomic E-state index is -2.03. The Balaban J connectivity index is 1.66. The second-order valence-corrected chi connectivity index (χ2v) is 17.6. The molecule has 0 radical (unpaired) electrons. The second-order valence-electron chi connectivity index (χ2n) is 17.6. The molecule has 4 heterocycles. The van der Waals surface area contributed by atoms with Crippen molar-refractivity contribution in [1.82, 2.24) is 10.0 Å². The normalized spacial score (nSPS) is 30.2. The van der Waals surface area contributed by atoms with Gasteiger partial charge >= 0.3 is 11.8 Å². The van der Waals surface area contributed by atoms with Crippen molar-refractivity contribution in [1.29, 1.82) is 0 Å². The van der Waals surface area contributed by atoms with Gasteiger partial charge < -0.3 is 49.4 Å². The number of ketones is 1. The summed E-state index contributed by atoms with van der Waals surface area (Å²) in [4.78, 5) is 54.8. The van der Waals surface area contributed by atoms with Gasteiger partial charge in [-0.25, -0.2) is 5.01 Å². The van der Waals surface area contributed by atoms with Gasteiger partial charge in [0.1, 0.15) is 23.4 Å². The predicted octanol–water partition coefficient (Wildman–Crippen LogP) is 6.46. The standard InChI is InChI=1S/C48H67N3O13/c1-11-12-22-51(50-20-14-13-15-21-50)36(53)25-61-35-24-33-43(57)38-37(35)39-45(31(7)42(38)56)64-48(9,46(39)58)62-23-19-34(60-10)28(4)44(63-32(8)52)30(6)41(55)29(5)40(54)26(2)17-16-18-27(3)47(59)49-33/h16-19,23-24,26,28-30,34,40-41,44,54-57H,11-15,20-22,25H2,1-10H3,(H,49,59)/b17-16+,23-19+,27-18-/t26-,28+,29+,30+,34-,40-,41+,44+,48-/m0/s1. The van der Waals surface area contributed by atoms with Crippen LogP contribution in [-0.2, 0) is 28.6 Å². The maximum atomic E-state index is 14.7. The minimum Gasteiger partial charge on any atom is -0.507 e. The summed E-state index contributed by atoms with van der Waals surface area (Å²) in [5.74, 6) is -7.94. The SMILES string of the molecule is CCCCN(C(=O)COc1cc2c(O)c3c(O)c(C)c4c(c13)C(=O)[C@@](C)(O/C=C/[C@H](OC)[C@@H](C)[C@@H](OC(C)=O)[C@H](C)[C@H](O)[C@H](C)[C@@H](O)[C@@H](C)/C=C/C=C(/C)C(=O)N2)O4)N1CCCCC1. The van der Waals surface area contributed by atoms with Gasteiger partial charge in [-0.2, -0.15) is 0 Å². The number of Topliss-reactive ketones (excluding diaryl/α,β-unsaturated/α-hetero) is 1. The number of esters is 1. The summed E-state index contributed by atoms with van der Waals surface area (Å²) < 4.78 is 30.1. The maximum absolute atomic E-state index is 14.7. The molecule has 1 saturated heterocycles. The van der Waals surface area contributed by atoms with E-state index in [2.05, 4.69) is 5.32 Å². The number of allylic oxidation sites excluding steroid dienone is 2. The van der Waals surface area contributed by atoms with Gasteiger partial charge in [0.05, 0.1) is 41.2 Å². The Labute approximate surface area is 375 Å². The zero-order chi connectivity index (χ0) is 47.2. The number of rotatable bonds is 9. The van der Waals surface area contributed by atoms with Gasteiger partial charge in [-0.05, 0) is 39.2 Å². The molecule has 0 saturated carbocycles. The van der Waals surface area contributed by atoms with Crippen LogP contribution in [0.15, 0.2) is 42.2 Å². The quantitative estimate of drug-likeness (QED) is 0.135. The molecule has 2 amide bonds. The number of methoxy groups -OCH3 is 1. The molecule has 5 bridgehead atoms. The van der Waals surface area contributed by atoms with Crippen LogP contribution in [0.25, 0.3) is 10.8 Å². The Morgan fingerprint density at radius 3 is 2.30 bits per heavy atom. The van der Waals surface area contributed by atoms with E-state index < -0.39 is 89.6 Å². The summed E-state index contributed by atoms with van der Waals surface area (Å²) in [5.41, 5.74) is 0.0250. The van der Waals surface area contributed by atoms with Gasteiger partial charge in [0, 0.05) is 86.9 Å². The number of hydrogen-bond donors (Lipinski definition) is 5. The number of aromatic hydroxyl groups is 2. The summed E-state index contributed by atoms with van der Waals surface area (Å²) in [6.07, 6.45) is 8.23. The molecule has 0 aromatic heterocycles. The lowest BCUT2D eigenvalue weighted by Crippen LogP contribution is -2.50. The molecular formula is C48H67N3O13. The number of hydrazine groups is 1. The fraction of sp³-hybridized carbons (Fsp3) is 0.583. The third kappa shape index (κ3) is 10.5. The lowest BCUT2D eigenvalue weighted by molar-refractivity contribution is -0.160. The van der Waals surface area contributed by atoms with Crippen molar-refractivity contribution in [2.45, 2.75) is 125 Å². The molecule has 2 aromatic rings.